The van der Waals surface area contributed by atoms with Crippen molar-refractivity contribution in [1.29, 1.82) is 0 Å². The van der Waals surface area contributed by atoms with E-state index >= 15 is 0 Å². The zero-order valence-corrected chi connectivity index (χ0v) is 11.6. The SMILES string of the molecule is COc1cccc2c1C[C@H]1CCC(CCC=O)[C@H]1C2. The maximum atomic E-state index is 10.6. The molecule has 1 saturated carbocycles. The van der Waals surface area contributed by atoms with Crippen molar-refractivity contribution in [3.8, 4) is 5.75 Å². The summed E-state index contributed by atoms with van der Waals surface area (Å²) in [4.78, 5) is 10.6. The summed E-state index contributed by atoms with van der Waals surface area (Å²) in [6.45, 7) is 0. The molecule has 0 aliphatic heterocycles. The van der Waals surface area contributed by atoms with E-state index in [1.54, 1.807) is 7.11 Å². The Labute approximate surface area is 115 Å². The lowest BCUT2D eigenvalue weighted by atomic mass is 9.74. The van der Waals surface area contributed by atoms with Gasteiger partial charge in [-0.3, -0.25) is 0 Å². The van der Waals surface area contributed by atoms with Gasteiger partial charge < -0.3 is 9.53 Å². The summed E-state index contributed by atoms with van der Waals surface area (Å²) in [5.74, 6) is 3.42. The predicted molar refractivity (Wildman–Crippen MR) is 75.4 cm³/mol. The average Bonchev–Trinajstić information content (AvgIpc) is 2.84. The first-order chi connectivity index (χ1) is 9.33. The number of benzene rings is 1. The minimum Gasteiger partial charge on any atom is -0.496 e. The van der Waals surface area contributed by atoms with Crippen LogP contribution in [0.25, 0.3) is 0 Å². The van der Waals surface area contributed by atoms with Crippen LogP contribution in [-0.4, -0.2) is 13.4 Å². The van der Waals surface area contributed by atoms with E-state index in [1.165, 1.54) is 36.8 Å². The summed E-state index contributed by atoms with van der Waals surface area (Å²) in [7, 11) is 1.77. The molecular formula is C17H22O2. The van der Waals surface area contributed by atoms with E-state index in [2.05, 4.69) is 18.2 Å². The monoisotopic (exact) mass is 258 g/mol. The summed E-state index contributed by atoms with van der Waals surface area (Å²) in [6, 6.07) is 6.44. The van der Waals surface area contributed by atoms with Crippen LogP contribution in [0.3, 0.4) is 0 Å². The molecule has 0 bridgehead atoms. The van der Waals surface area contributed by atoms with Crippen LogP contribution in [0.1, 0.15) is 36.8 Å². The number of aldehydes is 1. The summed E-state index contributed by atoms with van der Waals surface area (Å²) in [5, 5.41) is 0. The summed E-state index contributed by atoms with van der Waals surface area (Å²) in [5.41, 5.74) is 2.90. The van der Waals surface area contributed by atoms with Crippen molar-refractivity contribution in [2.45, 2.75) is 38.5 Å². The molecule has 19 heavy (non-hydrogen) atoms. The van der Waals surface area contributed by atoms with E-state index in [0.29, 0.717) is 0 Å². The lowest BCUT2D eigenvalue weighted by molar-refractivity contribution is -0.108. The fourth-order valence-corrected chi connectivity index (χ4v) is 4.21. The highest BCUT2D eigenvalue weighted by Crippen LogP contribution is 2.47. The normalized spacial score (nSPS) is 28.6. The van der Waals surface area contributed by atoms with Gasteiger partial charge in [0.2, 0.25) is 0 Å². The second-order valence-corrected chi connectivity index (χ2v) is 6.01. The van der Waals surface area contributed by atoms with Gasteiger partial charge in [0.25, 0.3) is 0 Å². The Morgan fingerprint density at radius 1 is 1.32 bits per heavy atom. The van der Waals surface area contributed by atoms with Crippen molar-refractivity contribution >= 4 is 6.29 Å². The number of hydrogen-bond donors (Lipinski definition) is 0. The first-order valence-corrected chi connectivity index (χ1v) is 7.42. The Balaban J connectivity index is 1.82. The first kappa shape index (κ1) is 12.7. The molecule has 2 nitrogen and oxygen atoms in total. The summed E-state index contributed by atoms with van der Waals surface area (Å²) >= 11 is 0. The van der Waals surface area contributed by atoms with E-state index in [-0.39, 0.29) is 0 Å². The molecule has 0 heterocycles. The van der Waals surface area contributed by atoms with Gasteiger partial charge in [0.05, 0.1) is 7.11 Å². The van der Waals surface area contributed by atoms with Crippen LogP contribution >= 0.6 is 0 Å². The van der Waals surface area contributed by atoms with Gasteiger partial charge in [-0.1, -0.05) is 12.1 Å². The smallest absolute Gasteiger partial charge is 0.122 e. The van der Waals surface area contributed by atoms with Crippen molar-refractivity contribution in [3.63, 3.8) is 0 Å². The van der Waals surface area contributed by atoms with E-state index in [4.69, 9.17) is 4.74 Å². The van der Waals surface area contributed by atoms with Crippen molar-refractivity contribution in [1.82, 2.24) is 0 Å². The Hall–Kier alpha value is -1.31. The number of methoxy groups -OCH3 is 1. The first-order valence-electron chi connectivity index (χ1n) is 7.42. The molecule has 1 aromatic carbocycles. The van der Waals surface area contributed by atoms with Gasteiger partial charge in [0.15, 0.2) is 0 Å². The Kier molecular flexibility index (Phi) is 3.58. The number of rotatable bonds is 4. The van der Waals surface area contributed by atoms with Crippen LogP contribution in [0, 0.1) is 17.8 Å². The Morgan fingerprint density at radius 3 is 3.00 bits per heavy atom. The molecule has 0 spiro atoms. The van der Waals surface area contributed by atoms with Gasteiger partial charge in [-0.25, -0.2) is 0 Å². The molecule has 2 aliphatic rings. The molecule has 0 radical (unpaired) electrons. The van der Waals surface area contributed by atoms with Crippen LogP contribution in [0.2, 0.25) is 0 Å². The van der Waals surface area contributed by atoms with Gasteiger partial charge in [-0.2, -0.15) is 0 Å². The third-order valence-corrected chi connectivity index (χ3v) is 5.15. The molecule has 2 aliphatic carbocycles. The van der Waals surface area contributed by atoms with Gasteiger partial charge in [-0.05, 0) is 67.1 Å². The molecule has 2 heteroatoms. The molecule has 0 saturated heterocycles. The van der Waals surface area contributed by atoms with Crippen molar-refractivity contribution in [3.05, 3.63) is 29.3 Å². The molecule has 1 fully saturated rings. The van der Waals surface area contributed by atoms with E-state index < -0.39 is 0 Å². The average molecular weight is 258 g/mol. The Morgan fingerprint density at radius 2 is 2.21 bits per heavy atom. The molecule has 1 unspecified atom stereocenters. The molecule has 0 aromatic heterocycles. The van der Waals surface area contributed by atoms with Crippen molar-refractivity contribution in [2.75, 3.05) is 7.11 Å². The fourth-order valence-electron chi connectivity index (χ4n) is 4.21. The zero-order chi connectivity index (χ0) is 13.2. The lowest BCUT2D eigenvalue weighted by Crippen LogP contribution is -2.25. The number of carbonyl (C=O) groups is 1. The highest BCUT2D eigenvalue weighted by molar-refractivity contribution is 5.49. The van der Waals surface area contributed by atoms with Crippen LogP contribution in [0.5, 0.6) is 5.75 Å². The lowest BCUT2D eigenvalue weighted by Gasteiger charge is -2.32. The van der Waals surface area contributed by atoms with Gasteiger partial charge in [0, 0.05) is 6.42 Å². The minimum atomic E-state index is 0.735. The highest BCUT2D eigenvalue weighted by Gasteiger charge is 2.39. The van der Waals surface area contributed by atoms with E-state index in [9.17, 15) is 4.79 Å². The quantitative estimate of drug-likeness (QED) is 0.774. The van der Waals surface area contributed by atoms with Crippen LogP contribution in [0.15, 0.2) is 18.2 Å². The summed E-state index contributed by atoms with van der Waals surface area (Å²) < 4.78 is 5.51. The van der Waals surface area contributed by atoms with Crippen molar-refractivity contribution in [2.24, 2.45) is 17.8 Å². The van der Waals surface area contributed by atoms with E-state index in [1.807, 2.05) is 0 Å². The van der Waals surface area contributed by atoms with Gasteiger partial charge >= 0.3 is 0 Å². The maximum absolute atomic E-state index is 10.6. The van der Waals surface area contributed by atoms with Crippen molar-refractivity contribution < 1.29 is 9.53 Å². The largest absolute Gasteiger partial charge is 0.496 e. The number of ether oxygens (including phenoxy) is 1. The zero-order valence-electron chi connectivity index (χ0n) is 11.6. The third kappa shape index (κ3) is 2.29. The van der Waals surface area contributed by atoms with Gasteiger partial charge in [-0.15, -0.1) is 0 Å². The molecular weight excluding hydrogens is 236 g/mol. The second kappa shape index (κ2) is 5.36. The molecule has 3 atom stereocenters. The fraction of sp³-hybridized carbons (Fsp3) is 0.588. The highest BCUT2D eigenvalue weighted by atomic mass is 16.5. The van der Waals surface area contributed by atoms with E-state index in [0.717, 1.165) is 42.6 Å². The molecule has 102 valence electrons. The number of hydrogen-bond acceptors (Lipinski definition) is 2. The Bertz CT molecular complexity index is 466. The third-order valence-electron chi connectivity index (χ3n) is 5.15. The standard InChI is InChI=1S/C17H22O2/c1-19-17-6-2-4-13-10-15-12(5-3-9-18)7-8-14(15)11-16(13)17/h2,4,6,9,12,14-15H,3,5,7-8,10-11H2,1H3/t12?,14-,15-/m1/s1. The number of fused-ring (bicyclic) bond motifs is 2. The molecule has 3 rings (SSSR count). The molecule has 0 N–H and O–H groups in total. The maximum Gasteiger partial charge on any atom is 0.122 e. The van der Waals surface area contributed by atoms with Crippen LogP contribution in [-0.2, 0) is 17.6 Å². The van der Waals surface area contributed by atoms with Crippen LogP contribution in [0.4, 0.5) is 0 Å². The van der Waals surface area contributed by atoms with Crippen LogP contribution < -0.4 is 4.74 Å². The predicted octanol–water partition coefficient (Wildman–Crippen LogP) is 3.42. The summed E-state index contributed by atoms with van der Waals surface area (Å²) in [6.07, 6.45) is 7.88. The van der Waals surface area contributed by atoms with Gasteiger partial charge in [0.1, 0.15) is 12.0 Å². The molecule has 1 aromatic rings. The number of carbonyl (C=O) groups excluding carboxylic acids is 1. The topological polar surface area (TPSA) is 26.3 Å². The molecule has 0 amide bonds. The second-order valence-electron chi connectivity index (χ2n) is 6.01. The minimum absolute atomic E-state index is 0.735.